The lowest BCUT2D eigenvalue weighted by molar-refractivity contribution is -0.238. The number of ketones is 1. The molecule has 1 amide bonds. The van der Waals surface area contributed by atoms with Gasteiger partial charge in [0.2, 0.25) is 0 Å². The number of aliphatic hydroxyl groups is 1. The van der Waals surface area contributed by atoms with Crippen LogP contribution in [0.5, 0.6) is 0 Å². The molecule has 338 valence electrons. The number of amides is 1. The van der Waals surface area contributed by atoms with Crippen LogP contribution in [0.25, 0.3) is 22.4 Å². The summed E-state index contributed by atoms with van der Waals surface area (Å²) in [6.45, 7) is 20.2. The number of aromatic amines is 1. The van der Waals surface area contributed by atoms with Gasteiger partial charge in [0.15, 0.2) is 5.78 Å². The standard InChI is InChI=1S/C53H69N3O7/c1-29(2)42-37(57)27-53(40(58)28-54-45(59)31-15-17-35-36(25-31)56-44(55-35)30-13-11-10-12-14-30)24-23-51(8)32(43(42)53)16-18-39-50(7)21-20-41(49(5,6)38(50)19-22-52(39,51)9)63-47(62)34-26-33(46(60)61)48(34,3)4/h10-15,17,25,29,32-34,38-41,58H,16,18-24,26-28H2,1-9H3,(H,54,59)(H,55,56)(H,60,61)/t32-,33+,34-,38+,39-,40+,41+,50+,51-,52-,53+/m1/s1. The van der Waals surface area contributed by atoms with Gasteiger partial charge in [-0.1, -0.05) is 98.2 Å². The first-order chi connectivity index (χ1) is 29.6. The minimum atomic E-state index is -0.917. The van der Waals surface area contributed by atoms with Crippen molar-refractivity contribution in [1.82, 2.24) is 15.3 Å². The maximum atomic E-state index is 14.3. The molecular formula is C53H69N3O7. The maximum absolute atomic E-state index is 14.3. The molecule has 3 aromatic rings. The number of carboxylic acids is 1. The molecular weight excluding hydrogens is 791 g/mol. The van der Waals surface area contributed by atoms with E-state index in [0.717, 1.165) is 72.9 Å². The van der Waals surface area contributed by atoms with Crippen LogP contribution in [0.1, 0.15) is 137 Å². The number of hydrogen-bond donors (Lipinski definition) is 4. The van der Waals surface area contributed by atoms with Gasteiger partial charge in [-0.15, -0.1) is 0 Å². The van der Waals surface area contributed by atoms with Gasteiger partial charge in [0.25, 0.3) is 5.91 Å². The minimum Gasteiger partial charge on any atom is -0.481 e. The highest BCUT2D eigenvalue weighted by Gasteiger charge is 2.71. The number of ether oxygens (including phenoxy) is 1. The number of aromatic nitrogens is 2. The number of carboxylic acid groups (broad SMARTS) is 1. The summed E-state index contributed by atoms with van der Waals surface area (Å²) in [7, 11) is 0. The summed E-state index contributed by atoms with van der Waals surface area (Å²) < 4.78 is 6.43. The number of rotatable bonds is 9. The molecule has 10 heteroatoms. The van der Waals surface area contributed by atoms with E-state index in [2.05, 4.69) is 58.8 Å². The Bertz CT molecular complexity index is 2400. The van der Waals surface area contributed by atoms with E-state index < -0.39 is 34.7 Å². The monoisotopic (exact) mass is 860 g/mol. The molecule has 0 unspecified atom stereocenters. The fourth-order valence-corrected chi connectivity index (χ4v) is 15.6. The number of carbonyl (C=O) groups excluding carboxylic acids is 3. The van der Waals surface area contributed by atoms with Crippen LogP contribution in [0.3, 0.4) is 0 Å². The molecule has 0 aliphatic heterocycles. The number of nitrogens with one attached hydrogen (secondary N) is 2. The minimum absolute atomic E-state index is 0.0136. The zero-order valence-corrected chi connectivity index (χ0v) is 38.9. The van der Waals surface area contributed by atoms with Crippen LogP contribution in [0.2, 0.25) is 0 Å². The van der Waals surface area contributed by atoms with Gasteiger partial charge in [-0.3, -0.25) is 19.2 Å². The summed E-state index contributed by atoms with van der Waals surface area (Å²) in [6.07, 6.45) is 6.89. The summed E-state index contributed by atoms with van der Waals surface area (Å²) >= 11 is 0. The van der Waals surface area contributed by atoms with Gasteiger partial charge in [0.05, 0.1) is 29.0 Å². The van der Waals surface area contributed by atoms with Crippen LogP contribution in [0, 0.1) is 68.0 Å². The van der Waals surface area contributed by atoms with Crippen molar-refractivity contribution in [2.45, 2.75) is 139 Å². The van der Waals surface area contributed by atoms with E-state index >= 15 is 0 Å². The molecule has 1 aromatic heterocycles. The number of benzene rings is 2. The summed E-state index contributed by atoms with van der Waals surface area (Å²) in [6, 6.07) is 15.3. The third-order valence-electron chi connectivity index (χ3n) is 19.4. The average molecular weight is 860 g/mol. The number of esters is 1. The van der Waals surface area contributed by atoms with Crippen LogP contribution in [-0.2, 0) is 19.1 Å². The Morgan fingerprint density at radius 2 is 1.59 bits per heavy atom. The van der Waals surface area contributed by atoms with E-state index in [1.165, 1.54) is 5.57 Å². The second kappa shape index (κ2) is 14.9. The molecule has 63 heavy (non-hydrogen) atoms. The van der Waals surface area contributed by atoms with Crippen LogP contribution >= 0.6 is 0 Å². The molecule has 5 fully saturated rings. The van der Waals surface area contributed by atoms with Crippen molar-refractivity contribution >= 4 is 34.7 Å². The lowest BCUT2D eigenvalue weighted by Crippen LogP contribution is -2.66. The second-order valence-electron chi connectivity index (χ2n) is 23.0. The number of nitrogens with zero attached hydrogens (tertiary/aromatic N) is 1. The lowest BCUT2D eigenvalue weighted by atomic mass is 9.33. The van der Waals surface area contributed by atoms with Gasteiger partial charge in [-0.2, -0.15) is 0 Å². The van der Waals surface area contributed by atoms with E-state index in [9.17, 15) is 29.4 Å². The van der Waals surface area contributed by atoms with Gasteiger partial charge in [0, 0.05) is 34.9 Å². The summed E-state index contributed by atoms with van der Waals surface area (Å²) in [5, 5.41) is 25.2. The molecule has 1 heterocycles. The molecule has 10 nitrogen and oxygen atoms in total. The van der Waals surface area contributed by atoms with Crippen molar-refractivity contribution in [3.05, 3.63) is 65.2 Å². The Kier molecular flexibility index (Phi) is 10.4. The molecule has 0 radical (unpaired) electrons. The number of fused-ring (bicyclic) bond motifs is 8. The Morgan fingerprint density at radius 1 is 0.857 bits per heavy atom. The van der Waals surface area contributed by atoms with Crippen molar-refractivity contribution in [2.75, 3.05) is 6.54 Å². The number of allylic oxidation sites excluding steroid dienone is 1. The van der Waals surface area contributed by atoms with Gasteiger partial charge in [0.1, 0.15) is 11.9 Å². The molecule has 0 spiro atoms. The normalized spacial score (nSPS) is 37.0. The highest BCUT2D eigenvalue weighted by molar-refractivity contribution is 6.01. The number of imidazole rings is 1. The molecule has 6 aliphatic carbocycles. The SMILES string of the molecule is CC(C)C1=C2[C@H]3CC[C@@H]4[C@@]5(C)CC[C@H](OC(=O)[C@H]6C[C@@H](C(=O)O)C6(C)C)C(C)(C)[C@@H]5CC[C@@]4(C)[C@]3(C)CC[C@@]2([C@@H](O)CNC(=O)c2ccc3nc(-c4ccccc4)[nH]c3c2)CC1=O. The first-order valence-corrected chi connectivity index (χ1v) is 23.8. The molecule has 6 aliphatic rings. The number of carbonyl (C=O) groups is 4. The van der Waals surface area contributed by atoms with Crippen molar-refractivity contribution in [2.24, 2.45) is 68.0 Å². The first-order valence-electron chi connectivity index (χ1n) is 23.8. The largest absolute Gasteiger partial charge is 0.481 e. The fourth-order valence-electron chi connectivity index (χ4n) is 15.6. The maximum Gasteiger partial charge on any atom is 0.309 e. The lowest BCUT2D eigenvalue weighted by Gasteiger charge is -2.72. The quantitative estimate of drug-likeness (QED) is 0.155. The highest BCUT2D eigenvalue weighted by atomic mass is 16.5. The van der Waals surface area contributed by atoms with E-state index in [0.29, 0.717) is 30.2 Å². The number of aliphatic carboxylic acids is 1. The van der Waals surface area contributed by atoms with Crippen LogP contribution in [-0.4, -0.2) is 62.6 Å². The van der Waals surface area contributed by atoms with Crippen molar-refractivity contribution in [3.8, 4) is 11.4 Å². The van der Waals surface area contributed by atoms with E-state index in [1.807, 2.05) is 56.3 Å². The predicted octanol–water partition coefficient (Wildman–Crippen LogP) is 9.96. The molecule has 0 saturated heterocycles. The molecule has 5 saturated carbocycles. The van der Waals surface area contributed by atoms with Crippen LogP contribution < -0.4 is 5.32 Å². The van der Waals surface area contributed by atoms with Crippen LogP contribution in [0.4, 0.5) is 0 Å². The van der Waals surface area contributed by atoms with Gasteiger partial charge >= 0.3 is 11.9 Å². The summed E-state index contributed by atoms with van der Waals surface area (Å²) in [4.78, 5) is 61.6. The smallest absolute Gasteiger partial charge is 0.309 e. The topological polar surface area (TPSA) is 159 Å². The molecule has 11 atom stereocenters. The number of H-pyrrole nitrogens is 1. The zero-order chi connectivity index (χ0) is 45.2. The van der Waals surface area contributed by atoms with E-state index in [-0.39, 0.29) is 70.2 Å². The third-order valence-corrected chi connectivity index (χ3v) is 19.4. The van der Waals surface area contributed by atoms with Crippen molar-refractivity contribution in [3.63, 3.8) is 0 Å². The molecule has 9 rings (SSSR count). The van der Waals surface area contributed by atoms with Crippen molar-refractivity contribution in [1.29, 1.82) is 0 Å². The highest BCUT2D eigenvalue weighted by Crippen LogP contribution is 2.77. The number of Topliss-reactive ketones (excluding diaryl/α,β-unsaturated/α-hetero) is 1. The first kappa shape index (κ1) is 43.9. The van der Waals surface area contributed by atoms with Crippen molar-refractivity contribution < 1.29 is 34.1 Å². The second-order valence-corrected chi connectivity index (χ2v) is 23.0. The van der Waals surface area contributed by atoms with Gasteiger partial charge in [-0.25, -0.2) is 4.98 Å². The zero-order valence-electron chi connectivity index (χ0n) is 38.9. The summed E-state index contributed by atoms with van der Waals surface area (Å²) in [5.74, 6) is -0.440. The van der Waals surface area contributed by atoms with Gasteiger partial charge < -0.3 is 25.3 Å². The number of hydrogen-bond acceptors (Lipinski definition) is 7. The average Bonchev–Trinajstić information content (AvgIpc) is 3.79. The van der Waals surface area contributed by atoms with Crippen LogP contribution in [0.15, 0.2) is 59.7 Å². The Hall–Kier alpha value is -4.31. The number of aliphatic hydroxyl groups excluding tert-OH is 1. The van der Waals surface area contributed by atoms with Gasteiger partial charge in [-0.05, 0) is 127 Å². The predicted molar refractivity (Wildman–Crippen MR) is 242 cm³/mol. The molecule has 4 N–H and O–H groups in total. The summed E-state index contributed by atoms with van der Waals surface area (Å²) in [5.41, 5.74) is 3.37. The molecule has 2 aromatic carbocycles. The fraction of sp³-hybridized carbons (Fsp3) is 0.642. The Morgan fingerprint density at radius 3 is 2.27 bits per heavy atom. The van der Waals surface area contributed by atoms with E-state index in [4.69, 9.17) is 9.72 Å². The molecule has 0 bridgehead atoms. The Balaban J connectivity index is 0.938. The van der Waals surface area contributed by atoms with E-state index in [1.54, 1.807) is 6.07 Å². The third kappa shape index (κ3) is 6.36. The Labute approximate surface area is 372 Å².